The Hall–Kier alpha value is -1.46. The second-order valence-electron chi connectivity index (χ2n) is 5.69. The van der Waals surface area contributed by atoms with Crippen LogP contribution in [0.5, 0.6) is 0 Å². The molecule has 1 unspecified atom stereocenters. The zero-order chi connectivity index (χ0) is 15.4. The highest BCUT2D eigenvalue weighted by molar-refractivity contribution is 7.80. The number of hydrogen-bond donors (Lipinski definition) is 2. The number of thiocarbonyl (C=S) groups is 1. The van der Waals surface area contributed by atoms with E-state index < -0.39 is 0 Å². The molecule has 114 valence electrons. The topological polar surface area (TPSA) is 58.4 Å². The zero-order valence-corrected chi connectivity index (χ0v) is 13.5. The molecule has 1 atom stereocenters. The van der Waals surface area contributed by atoms with Gasteiger partial charge in [0.05, 0.1) is 5.92 Å². The van der Waals surface area contributed by atoms with Crippen molar-refractivity contribution in [2.24, 2.45) is 11.7 Å². The summed E-state index contributed by atoms with van der Waals surface area (Å²) in [5.41, 5.74) is 9.04. The van der Waals surface area contributed by atoms with Crippen LogP contribution in [0.1, 0.15) is 29.5 Å². The molecule has 2 rings (SSSR count). The van der Waals surface area contributed by atoms with Crippen molar-refractivity contribution < 1.29 is 4.79 Å². The van der Waals surface area contributed by atoms with Gasteiger partial charge in [0, 0.05) is 25.7 Å². The van der Waals surface area contributed by atoms with E-state index in [9.17, 15) is 4.79 Å². The molecule has 4 nitrogen and oxygen atoms in total. The largest absolute Gasteiger partial charge is 0.389 e. The maximum Gasteiger partial charge on any atom is 0.224 e. The highest BCUT2D eigenvalue weighted by Gasteiger charge is 2.25. The Morgan fingerprint density at radius 1 is 1.52 bits per heavy atom. The summed E-state index contributed by atoms with van der Waals surface area (Å²) in [6.45, 7) is 4.83. The average Bonchev–Trinajstić information content (AvgIpc) is 2.48. The highest BCUT2D eigenvalue weighted by Crippen LogP contribution is 2.20. The zero-order valence-electron chi connectivity index (χ0n) is 12.7. The van der Waals surface area contributed by atoms with E-state index in [-0.39, 0.29) is 11.8 Å². The first-order valence-electron chi connectivity index (χ1n) is 7.34. The van der Waals surface area contributed by atoms with Gasteiger partial charge in [-0.15, -0.1) is 0 Å². The fraction of sp³-hybridized carbons (Fsp3) is 0.500. The Morgan fingerprint density at radius 2 is 2.29 bits per heavy atom. The predicted molar refractivity (Wildman–Crippen MR) is 89.1 cm³/mol. The van der Waals surface area contributed by atoms with E-state index >= 15 is 0 Å². The second-order valence-corrected chi connectivity index (χ2v) is 6.13. The number of carbonyl (C=O) groups excluding carboxylic acids is 1. The minimum atomic E-state index is 0.111. The van der Waals surface area contributed by atoms with Crippen LogP contribution in [-0.2, 0) is 11.3 Å². The first-order valence-corrected chi connectivity index (χ1v) is 7.75. The summed E-state index contributed by atoms with van der Waals surface area (Å²) < 4.78 is 0. The lowest BCUT2D eigenvalue weighted by molar-refractivity contribution is -0.126. The van der Waals surface area contributed by atoms with Gasteiger partial charge < -0.3 is 11.1 Å². The highest BCUT2D eigenvalue weighted by atomic mass is 32.1. The fourth-order valence-electron chi connectivity index (χ4n) is 2.88. The molecular formula is C16H23N3OS. The van der Waals surface area contributed by atoms with Gasteiger partial charge in [0.2, 0.25) is 5.91 Å². The van der Waals surface area contributed by atoms with Gasteiger partial charge in [-0.3, -0.25) is 9.69 Å². The van der Waals surface area contributed by atoms with Gasteiger partial charge in [0.15, 0.2) is 0 Å². The molecule has 0 aromatic heterocycles. The summed E-state index contributed by atoms with van der Waals surface area (Å²) in [5, 5.41) is 2.76. The maximum atomic E-state index is 11.8. The van der Waals surface area contributed by atoms with Gasteiger partial charge >= 0.3 is 0 Å². The van der Waals surface area contributed by atoms with Crippen LogP contribution >= 0.6 is 12.2 Å². The van der Waals surface area contributed by atoms with Crippen molar-refractivity contribution in [1.29, 1.82) is 0 Å². The summed E-state index contributed by atoms with van der Waals surface area (Å²) >= 11 is 5.01. The van der Waals surface area contributed by atoms with Crippen molar-refractivity contribution in [1.82, 2.24) is 10.2 Å². The lowest BCUT2D eigenvalue weighted by Gasteiger charge is -2.32. The Labute approximate surface area is 131 Å². The van der Waals surface area contributed by atoms with Crippen molar-refractivity contribution in [3.63, 3.8) is 0 Å². The molecule has 1 heterocycles. The number of benzene rings is 1. The number of likely N-dealkylation sites (tertiary alicyclic amines) is 1. The van der Waals surface area contributed by atoms with Crippen LogP contribution < -0.4 is 11.1 Å². The summed E-state index contributed by atoms with van der Waals surface area (Å²) in [6, 6.07) is 6.11. The molecule has 1 aliphatic heterocycles. The van der Waals surface area contributed by atoms with Gasteiger partial charge in [-0.05, 0) is 43.5 Å². The van der Waals surface area contributed by atoms with E-state index in [1.54, 1.807) is 7.05 Å². The second kappa shape index (κ2) is 7.00. The maximum absolute atomic E-state index is 11.8. The van der Waals surface area contributed by atoms with Crippen molar-refractivity contribution in [3.05, 3.63) is 34.9 Å². The normalized spacial score (nSPS) is 19.2. The van der Waals surface area contributed by atoms with E-state index in [0.717, 1.165) is 38.0 Å². The van der Waals surface area contributed by atoms with Crippen LogP contribution in [0.25, 0.3) is 0 Å². The Kier molecular flexibility index (Phi) is 5.31. The number of nitrogens with one attached hydrogen (secondary N) is 1. The van der Waals surface area contributed by atoms with E-state index in [0.29, 0.717) is 4.99 Å². The van der Waals surface area contributed by atoms with Gasteiger partial charge in [-0.2, -0.15) is 0 Å². The minimum Gasteiger partial charge on any atom is -0.389 e. The van der Waals surface area contributed by atoms with Crippen molar-refractivity contribution in [2.75, 3.05) is 20.1 Å². The van der Waals surface area contributed by atoms with Crippen LogP contribution in [0.4, 0.5) is 0 Å². The molecule has 0 bridgehead atoms. The van der Waals surface area contributed by atoms with Crippen LogP contribution in [0.3, 0.4) is 0 Å². The third kappa shape index (κ3) is 4.02. The number of nitrogens with two attached hydrogens (primary N) is 1. The lowest BCUT2D eigenvalue weighted by atomic mass is 9.96. The molecule has 1 aromatic rings. The van der Waals surface area contributed by atoms with Crippen LogP contribution in [0, 0.1) is 12.8 Å². The van der Waals surface area contributed by atoms with E-state index in [2.05, 4.69) is 23.2 Å². The van der Waals surface area contributed by atoms with E-state index in [1.165, 1.54) is 11.1 Å². The first kappa shape index (κ1) is 15.9. The molecule has 0 aliphatic carbocycles. The van der Waals surface area contributed by atoms with Crippen molar-refractivity contribution in [2.45, 2.75) is 26.3 Å². The third-order valence-corrected chi connectivity index (χ3v) is 4.38. The number of amides is 1. The fourth-order valence-corrected chi connectivity index (χ4v) is 3.01. The number of rotatable bonds is 4. The SMILES string of the molecule is CNC(=O)C1CCCN(Cc2ccc(C(N)=S)cc2C)C1. The third-order valence-electron chi connectivity index (χ3n) is 4.14. The number of piperidine rings is 1. The minimum absolute atomic E-state index is 0.111. The molecule has 1 saturated heterocycles. The van der Waals surface area contributed by atoms with Gasteiger partial charge in [0.25, 0.3) is 0 Å². The van der Waals surface area contributed by atoms with Gasteiger partial charge in [-0.25, -0.2) is 0 Å². The lowest BCUT2D eigenvalue weighted by Crippen LogP contribution is -2.41. The number of nitrogens with zero attached hydrogens (tertiary/aromatic N) is 1. The molecule has 1 amide bonds. The van der Waals surface area contributed by atoms with Gasteiger partial charge in [-0.1, -0.05) is 24.4 Å². The van der Waals surface area contributed by atoms with E-state index in [1.807, 2.05) is 12.1 Å². The molecule has 1 fully saturated rings. The monoisotopic (exact) mass is 305 g/mol. The number of carbonyl (C=O) groups is 1. The molecule has 0 saturated carbocycles. The first-order chi connectivity index (χ1) is 10.0. The van der Waals surface area contributed by atoms with Gasteiger partial charge in [0.1, 0.15) is 4.99 Å². The van der Waals surface area contributed by atoms with Crippen LogP contribution in [0.15, 0.2) is 18.2 Å². The summed E-state index contributed by atoms with van der Waals surface area (Å²) in [6.07, 6.45) is 2.05. The van der Waals surface area contributed by atoms with E-state index in [4.69, 9.17) is 18.0 Å². The number of aryl methyl sites for hydroxylation is 1. The van der Waals surface area contributed by atoms with Crippen molar-refractivity contribution >= 4 is 23.1 Å². The Balaban J connectivity index is 2.04. The molecule has 1 aliphatic rings. The molecule has 0 spiro atoms. The molecule has 1 aromatic carbocycles. The standard InChI is InChI=1S/C16H23N3OS/c1-11-8-12(15(17)21)5-6-13(11)9-19-7-3-4-14(10-19)16(20)18-2/h5-6,8,14H,3-4,7,9-10H2,1-2H3,(H2,17,21)(H,18,20). The molecular weight excluding hydrogens is 282 g/mol. The number of hydrogen-bond acceptors (Lipinski definition) is 3. The van der Waals surface area contributed by atoms with Crippen LogP contribution in [0.2, 0.25) is 0 Å². The summed E-state index contributed by atoms with van der Waals surface area (Å²) in [5.74, 6) is 0.264. The predicted octanol–water partition coefficient (Wildman–Crippen LogP) is 1.59. The molecule has 3 N–H and O–H groups in total. The molecule has 21 heavy (non-hydrogen) atoms. The molecule has 5 heteroatoms. The quantitative estimate of drug-likeness (QED) is 0.830. The van der Waals surface area contributed by atoms with Crippen LogP contribution in [-0.4, -0.2) is 35.9 Å². The van der Waals surface area contributed by atoms with Crippen molar-refractivity contribution in [3.8, 4) is 0 Å². The Bertz CT molecular complexity index is 544. The smallest absolute Gasteiger partial charge is 0.224 e. The summed E-state index contributed by atoms with van der Waals surface area (Å²) in [7, 11) is 1.71. The summed E-state index contributed by atoms with van der Waals surface area (Å²) in [4.78, 5) is 14.6. The average molecular weight is 305 g/mol. The Morgan fingerprint density at radius 3 is 2.90 bits per heavy atom. The molecule has 0 radical (unpaired) electrons.